The van der Waals surface area contributed by atoms with Crippen molar-refractivity contribution in [3.8, 4) is 11.1 Å². The Labute approximate surface area is 194 Å². The van der Waals surface area contributed by atoms with Crippen LogP contribution >= 0.6 is 11.6 Å². The number of hydrogen-bond donors (Lipinski definition) is 0. The standard InChI is InChI=1S/C22H12B2ClF3N4O/c1-31-8-13-12(7-17(28)18(25)19(13)30-31)10-5-15(26)14(16(27)6-10)9-32-21(33)11-3-2-4-29-20(11)22(32,23)24/h2-8H,9H2,1H3. The summed E-state index contributed by atoms with van der Waals surface area (Å²) in [5.74, 6) is -3.27. The number of pyridine rings is 1. The van der Waals surface area contributed by atoms with E-state index in [0.29, 0.717) is 5.39 Å². The second-order valence-corrected chi connectivity index (χ2v) is 8.20. The van der Waals surface area contributed by atoms with E-state index in [1.807, 2.05) is 0 Å². The fourth-order valence-corrected chi connectivity index (χ4v) is 4.27. The van der Waals surface area contributed by atoms with Crippen LogP contribution in [0.25, 0.3) is 22.0 Å². The first-order chi connectivity index (χ1) is 15.6. The van der Waals surface area contributed by atoms with Gasteiger partial charge < -0.3 is 4.90 Å². The summed E-state index contributed by atoms with van der Waals surface area (Å²) < 4.78 is 46.0. The molecule has 0 N–H and O–H groups in total. The molecule has 4 aromatic rings. The van der Waals surface area contributed by atoms with Crippen LogP contribution in [-0.4, -0.2) is 41.3 Å². The van der Waals surface area contributed by atoms with Crippen molar-refractivity contribution in [3.05, 3.63) is 82.0 Å². The molecule has 0 bridgehead atoms. The molecule has 160 valence electrons. The molecule has 3 heterocycles. The molecule has 0 fully saturated rings. The van der Waals surface area contributed by atoms with Gasteiger partial charge in [-0.1, -0.05) is 11.6 Å². The average molecular weight is 462 g/mol. The Hall–Kier alpha value is -3.26. The SMILES string of the molecule is [B]C1([B])c2ncccc2C(=O)N1Cc1c(F)cc(-c2cc(F)c(Cl)c3nn(C)cc23)cc1F. The molecule has 1 aliphatic heterocycles. The van der Waals surface area contributed by atoms with Crippen LogP contribution in [0.15, 0.2) is 42.7 Å². The van der Waals surface area contributed by atoms with Crippen molar-refractivity contribution < 1.29 is 18.0 Å². The summed E-state index contributed by atoms with van der Waals surface area (Å²) in [5, 5.41) is 2.51. The lowest BCUT2D eigenvalue weighted by molar-refractivity contribution is 0.0727. The summed E-state index contributed by atoms with van der Waals surface area (Å²) >= 11 is 6.00. The number of nitrogens with zero attached hydrogens (tertiary/aromatic N) is 4. The zero-order chi connectivity index (χ0) is 23.7. The third kappa shape index (κ3) is 3.23. The molecule has 0 saturated heterocycles. The molecule has 4 radical (unpaired) electrons. The minimum Gasteiger partial charge on any atom is -0.340 e. The molecular formula is C22H12B2ClF3N4O. The van der Waals surface area contributed by atoms with E-state index in [0.717, 1.165) is 23.1 Å². The number of halogens is 4. The first kappa shape index (κ1) is 21.6. The second-order valence-electron chi connectivity index (χ2n) is 7.82. The third-order valence-electron chi connectivity index (χ3n) is 5.69. The van der Waals surface area contributed by atoms with E-state index in [4.69, 9.17) is 27.3 Å². The Morgan fingerprint density at radius 3 is 2.45 bits per heavy atom. The topological polar surface area (TPSA) is 51.0 Å². The van der Waals surface area contributed by atoms with Crippen LogP contribution in [0, 0.1) is 17.5 Å². The molecule has 1 aliphatic rings. The van der Waals surface area contributed by atoms with Gasteiger partial charge in [-0.25, -0.2) is 13.2 Å². The quantitative estimate of drug-likeness (QED) is 0.435. The lowest BCUT2D eigenvalue weighted by Gasteiger charge is -2.33. The number of amides is 1. The molecule has 2 aromatic carbocycles. The third-order valence-corrected chi connectivity index (χ3v) is 6.04. The van der Waals surface area contributed by atoms with Crippen molar-refractivity contribution in [2.24, 2.45) is 7.05 Å². The molecule has 5 nitrogen and oxygen atoms in total. The number of rotatable bonds is 3. The Balaban J connectivity index is 1.57. The molecule has 1 amide bonds. The monoisotopic (exact) mass is 462 g/mol. The Bertz CT molecular complexity index is 1450. The molecule has 2 aromatic heterocycles. The minimum atomic E-state index is -1.84. The number of hydrogen-bond acceptors (Lipinski definition) is 3. The van der Waals surface area contributed by atoms with Crippen LogP contribution in [0.1, 0.15) is 21.6 Å². The Morgan fingerprint density at radius 2 is 1.79 bits per heavy atom. The van der Waals surface area contributed by atoms with Crippen molar-refractivity contribution in [2.45, 2.75) is 11.9 Å². The van der Waals surface area contributed by atoms with Gasteiger partial charge in [-0.15, -0.1) is 0 Å². The van der Waals surface area contributed by atoms with Crippen molar-refractivity contribution in [3.63, 3.8) is 0 Å². The largest absolute Gasteiger partial charge is 0.340 e. The normalized spacial score (nSPS) is 14.8. The van der Waals surface area contributed by atoms with Gasteiger partial charge in [-0.2, -0.15) is 5.10 Å². The van der Waals surface area contributed by atoms with Gasteiger partial charge in [0.2, 0.25) is 0 Å². The van der Waals surface area contributed by atoms with E-state index in [9.17, 15) is 9.18 Å². The molecule has 0 spiro atoms. The number of fused-ring (bicyclic) bond motifs is 2. The maximum atomic E-state index is 15.1. The zero-order valence-electron chi connectivity index (χ0n) is 17.1. The van der Waals surface area contributed by atoms with Crippen molar-refractivity contribution >= 4 is 44.1 Å². The number of aryl methyl sites for hydroxylation is 1. The fraction of sp³-hybridized carbons (Fsp3) is 0.136. The molecule has 11 heteroatoms. The predicted octanol–water partition coefficient (Wildman–Crippen LogP) is 3.81. The molecule has 0 atom stereocenters. The lowest BCUT2D eigenvalue weighted by atomic mass is 9.59. The van der Waals surface area contributed by atoms with E-state index in [2.05, 4.69) is 10.1 Å². The summed E-state index contributed by atoms with van der Waals surface area (Å²) in [4.78, 5) is 17.8. The van der Waals surface area contributed by atoms with Gasteiger partial charge >= 0.3 is 0 Å². The number of aromatic nitrogens is 3. The van der Waals surface area contributed by atoms with Crippen molar-refractivity contribution in [1.82, 2.24) is 19.7 Å². The van der Waals surface area contributed by atoms with E-state index in [1.165, 1.54) is 23.0 Å². The number of carbonyl (C=O) groups excluding carboxylic acids is 1. The Morgan fingerprint density at radius 1 is 1.09 bits per heavy atom. The number of benzene rings is 2. The molecule has 5 rings (SSSR count). The maximum absolute atomic E-state index is 15.1. The Kier molecular flexibility index (Phi) is 4.83. The van der Waals surface area contributed by atoms with E-state index in [1.54, 1.807) is 13.2 Å². The molecule has 33 heavy (non-hydrogen) atoms. The van der Waals surface area contributed by atoms with Crippen LogP contribution in [0.3, 0.4) is 0 Å². The summed E-state index contributed by atoms with van der Waals surface area (Å²) in [6, 6.07) is 6.22. The molecule has 0 saturated carbocycles. The number of carbonyl (C=O) groups is 1. The van der Waals surface area contributed by atoms with Crippen LogP contribution in [0.2, 0.25) is 5.02 Å². The van der Waals surface area contributed by atoms with Gasteiger partial charge in [0.15, 0.2) is 0 Å². The first-order valence-electron chi connectivity index (χ1n) is 9.74. The van der Waals surface area contributed by atoms with Gasteiger partial charge in [0.05, 0.1) is 33.5 Å². The van der Waals surface area contributed by atoms with Crippen molar-refractivity contribution in [2.75, 3.05) is 0 Å². The average Bonchev–Trinajstić information content (AvgIpc) is 3.24. The second kappa shape index (κ2) is 7.38. The highest BCUT2D eigenvalue weighted by Crippen LogP contribution is 2.38. The minimum absolute atomic E-state index is 0.0757. The van der Waals surface area contributed by atoms with Crippen LogP contribution in [0.4, 0.5) is 13.2 Å². The highest BCUT2D eigenvalue weighted by molar-refractivity contribution is 6.42. The first-order valence-corrected chi connectivity index (χ1v) is 10.1. The smallest absolute Gasteiger partial charge is 0.255 e. The summed E-state index contributed by atoms with van der Waals surface area (Å²) in [6.45, 7) is -0.530. The zero-order valence-corrected chi connectivity index (χ0v) is 17.9. The predicted molar refractivity (Wildman–Crippen MR) is 118 cm³/mol. The summed E-state index contributed by atoms with van der Waals surface area (Å²) in [5.41, 5.74) is 0.315. The van der Waals surface area contributed by atoms with E-state index < -0.39 is 40.8 Å². The maximum Gasteiger partial charge on any atom is 0.255 e. The van der Waals surface area contributed by atoms with Gasteiger partial charge in [0, 0.05) is 35.7 Å². The molecule has 0 aliphatic carbocycles. The van der Waals surface area contributed by atoms with E-state index in [-0.39, 0.29) is 32.9 Å². The van der Waals surface area contributed by atoms with Gasteiger partial charge in [-0.05, 0) is 41.5 Å². The highest BCUT2D eigenvalue weighted by atomic mass is 35.5. The van der Waals surface area contributed by atoms with Crippen LogP contribution in [0.5, 0.6) is 0 Å². The highest BCUT2D eigenvalue weighted by Gasteiger charge is 2.43. The molecular weight excluding hydrogens is 450 g/mol. The fourth-order valence-electron chi connectivity index (χ4n) is 4.08. The van der Waals surface area contributed by atoms with Gasteiger partial charge in [-0.3, -0.25) is 14.5 Å². The van der Waals surface area contributed by atoms with Crippen molar-refractivity contribution in [1.29, 1.82) is 0 Å². The van der Waals surface area contributed by atoms with Crippen LogP contribution in [-0.2, 0) is 18.9 Å². The van der Waals surface area contributed by atoms with Gasteiger partial charge in [0.1, 0.15) is 28.0 Å². The summed E-state index contributed by atoms with van der Waals surface area (Å²) in [6.07, 6.45) is 2.99. The van der Waals surface area contributed by atoms with Crippen LogP contribution < -0.4 is 0 Å². The van der Waals surface area contributed by atoms with E-state index >= 15 is 8.78 Å². The molecule has 0 unspecified atom stereocenters. The van der Waals surface area contributed by atoms with Gasteiger partial charge in [0.25, 0.3) is 5.91 Å². The lowest BCUT2D eigenvalue weighted by Crippen LogP contribution is -2.45. The summed E-state index contributed by atoms with van der Waals surface area (Å²) in [7, 11) is 13.8.